The molecule has 0 aliphatic heterocycles. The van der Waals surface area contributed by atoms with Crippen molar-refractivity contribution in [2.24, 2.45) is 10.9 Å². The Labute approximate surface area is 161 Å². The normalized spacial score (nSPS) is 14.1. The SMILES string of the molecule is CCNC(=NCCNC(=O)c1ccc(C)c(F)c1)N(C)CCOCC1CC1. The maximum absolute atomic E-state index is 13.6. The van der Waals surface area contributed by atoms with Crippen LogP contribution in [0.25, 0.3) is 0 Å². The lowest BCUT2D eigenvalue weighted by atomic mass is 10.1. The molecule has 6 nitrogen and oxygen atoms in total. The lowest BCUT2D eigenvalue weighted by Gasteiger charge is -2.22. The van der Waals surface area contributed by atoms with E-state index in [1.807, 2.05) is 18.9 Å². The van der Waals surface area contributed by atoms with Gasteiger partial charge in [-0.3, -0.25) is 9.79 Å². The smallest absolute Gasteiger partial charge is 0.251 e. The summed E-state index contributed by atoms with van der Waals surface area (Å²) < 4.78 is 19.2. The highest BCUT2D eigenvalue weighted by Crippen LogP contribution is 2.28. The minimum atomic E-state index is -0.374. The zero-order valence-corrected chi connectivity index (χ0v) is 16.6. The molecule has 2 N–H and O–H groups in total. The highest BCUT2D eigenvalue weighted by atomic mass is 19.1. The molecular weight excluding hydrogens is 347 g/mol. The van der Waals surface area contributed by atoms with Gasteiger partial charge in [-0.2, -0.15) is 0 Å². The quantitative estimate of drug-likeness (QED) is 0.372. The Morgan fingerprint density at radius 3 is 2.81 bits per heavy atom. The third-order valence-electron chi connectivity index (χ3n) is 4.41. The van der Waals surface area contributed by atoms with Crippen molar-refractivity contribution in [3.63, 3.8) is 0 Å². The third-order valence-corrected chi connectivity index (χ3v) is 4.41. The molecule has 0 bridgehead atoms. The van der Waals surface area contributed by atoms with Crippen LogP contribution in [0.2, 0.25) is 0 Å². The van der Waals surface area contributed by atoms with E-state index in [0.717, 1.165) is 31.6 Å². The zero-order valence-electron chi connectivity index (χ0n) is 16.6. The van der Waals surface area contributed by atoms with E-state index < -0.39 is 0 Å². The number of carbonyl (C=O) groups excluding carboxylic acids is 1. The molecule has 1 amide bonds. The Bertz CT molecular complexity index is 647. The summed E-state index contributed by atoms with van der Waals surface area (Å²) in [6.07, 6.45) is 2.59. The second kappa shape index (κ2) is 10.9. The number of aliphatic imine (C=N–C) groups is 1. The predicted molar refractivity (Wildman–Crippen MR) is 106 cm³/mol. The first-order valence-electron chi connectivity index (χ1n) is 9.62. The van der Waals surface area contributed by atoms with Crippen LogP contribution in [0.15, 0.2) is 23.2 Å². The summed E-state index contributed by atoms with van der Waals surface area (Å²) in [4.78, 5) is 18.6. The summed E-state index contributed by atoms with van der Waals surface area (Å²) in [7, 11) is 1.97. The first-order chi connectivity index (χ1) is 13.0. The Morgan fingerprint density at radius 2 is 2.15 bits per heavy atom. The van der Waals surface area contributed by atoms with E-state index in [0.29, 0.717) is 30.8 Å². The zero-order chi connectivity index (χ0) is 19.6. The summed E-state index contributed by atoms with van der Waals surface area (Å²) in [5.41, 5.74) is 0.842. The molecule has 0 aromatic heterocycles. The van der Waals surface area contributed by atoms with Crippen molar-refractivity contribution in [1.29, 1.82) is 0 Å². The first kappa shape index (κ1) is 21.2. The van der Waals surface area contributed by atoms with Gasteiger partial charge in [0.25, 0.3) is 5.91 Å². The molecule has 150 valence electrons. The number of nitrogens with zero attached hydrogens (tertiary/aromatic N) is 2. The van der Waals surface area contributed by atoms with Crippen LogP contribution in [0.1, 0.15) is 35.7 Å². The van der Waals surface area contributed by atoms with Gasteiger partial charge in [0, 0.05) is 38.9 Å². The molecule has 1 saturated carbocycles. The maximum Gasteiger partial charge on any atom is 0.251 e. The summed E-state index contributed by atoms with van der Waals surface area (Å²) in [5, 5.41) is 6.01. The van der Waals surface area contributed by atoms with Gasteiger partial charge in [0.05, 0.1) is 13.2 Å². The Kier molecular flexibility index (Phi) is 8.51. The van der Waals surface area contributed by atoms with Gasteiger partial charge in [-0.15, -0.1) is 0 Å². The molecule has 1 fully saturated rings. The second-order valence-electron chi connectivity index (χ2n) is 6.90. The van der Waals surface area contributed by atoms with Crippen molar-refractivity contribution in [2.75, 3.05) is 46.4 Å². The largest absolute Gasteiger partial charge is 0.379 e. The van der Waals surface area contributed by atoms with E-state index >= 15 is 0 Å². The second-order valence-corrected chi connectivity index (χ2v) is 6.90. The topological polar surface area (TPSA) is 66.0 Å². The molecule has 0 atom stereocenters. The standard InChI is InChI=1S/C20H31FN4O2/c1-4-22-20(25(3)11-12-27-14-16-6-7-16)24-10-9-23-19(26)17-8-5-15(2)18(21)13-17/h5,8,13,16H,4,6-7,9-12,14H2,1-3H3,(H,22,24)(H,23,26). The van der Waals surface area contributed by atoms with Crippen molar-refractivity contribution >= 4 is 11.9 Å². The van der Waals surface area contributed by atoms with E-state index in [1.54, 1.807) is 19.1 Å². The minimum Gasteiger partial charge on any atom is -0.379 e. The average Bonchev–Trinajstić information content (AvgIpc) is 3.47. The number of likely N-dealkylation sites (N-methyl/N-ethyl adjacent to an activating group) is 1. The van der Waals surface area contributed by atoms with Gasteiger partial charge in [0.15, 0.2) is 5.96 Å². The molecular formula is C20H31FN4O2. The van der Waals surface area contributed by atoms with Crippen LogP contribution in [-0.2, 0) is 4.74 Å². The molecule has 0 radical (unpaired) electrons. The monoisotopic (exact) mass is 378 g/mol. The summed E-state index contributed by atoms with van der Waals surface area (Å²) in [5.74, 6) is 0.877. The summed E-state index contributed by atoms with van der Waals surface area (Å²) in [6.45, 7) is 7.56. The highest BCUT2D eigenvalue weighted by Gasteiger charge is 2.21. The first-order valence-corrected chi connectivity index (χ1v) is 9.62. The summed E-state index contributed by atoms with van der Waals surface area (Å²) >= 11 is 0. The van der Waals surface area contributed by atoms with Crippen LogP contribution in [-0.4, -0.2) is 63.2 Å². The minimum absolute atomic E-state index is 0.295. The van der Waals surface area contributed by atoms with Crippen molar-refractivity contribution in [2.45, 2.75) is 26.7 Å². The highest BCUT2D eigenvalue weighted by molar-refractivity contribution is 5.94. The molecule has 0 saturated heterocycles. The van der Waals surface area contributed by atoms with E-state index in [-0.39, 0.29) is 11.7 Å². The predicted octanol–water partition coefficient (Wildman–Crippen LogP) is 2.19. The van der Waals surface area contributed by atoms with E-state index in [9.17, 15) is 9.18 Å². The number of halogens is 1. The van der Waals surface area contributed by atoms with Crippen LogP contribution in [0.5, 0.6) is 0 Å². The molecule has 7 heteroatoms. The van der Waals surface area contributed by atoms with Gasteiger partial charge >= 0.3 is 0 Å². The van der Waals surface area contributed by atoms with Gasteiger partial charge in [0.1, 0.15) is 5.82 Å². The Balaban J connectivity index is 1.73. The number of amides is 1. The van der Waals surface area contributed by atoms with Crippen LogP contribution in [0.3, 0.4) is 0 Å². The number of hydrogen-bond acceptors (Lipinski definition) is 3. The fourth-order valence-corrected chi connectivity index (χ4v) is 2.48. The van der Waals surface area contributed by atoms with Gasteiger partial charge in [0.2, 0.25) is 0 Å². The van der Waals surface area contributed by atoms with Crippen LogP contribution in [0.4, 0.5) is 4.39 Å². The van der Waals surface area contributed by atoms with Crippen molar-refractivity contribution < 1.29 is 13.9 Å². The molecule has 1 aromatic rings. The maximum atomic E-state index is 13.6. The molecule has 27 heavy (non-hydrogen) atoms. The third kappa shape index (κ3) is 7.54. The van der Waals surface area contributed by atoms with Gasteiger partial charge in [-0.05, 0) is 50.3 Å². The fraction of sp³-hybridized carbons (Fsp3) is 0.600. The molecule has 0 unspecified atom stereocenters. The number of aryl methyl sites for hydroxylation is 1. The van der Waals surface area contributed by atoms with Crippen molar-refractivity contribution in [1.82, 2.24) is 15.5 Å². The number of benzene rings is 1. The van der Waals surface area contributed by atoms with Crippen molar-refractivity contribution in [3.05, 3.63) is 35.1 Å². The number of hydrogen-bond donors (Lipinski definition) is 2. The molecule has 1 aliphatic rings. The molecule has 0 spiro atoms. The lowest BCUT2D eigenvalue weighted by molar-refractivity contribution is 0.0954. The van der Waals surface area contributed by atoms with E-state index in [1.165, 1.54) is 18.9 Å². The molecule has 0 heterocycles. The summed E-state index contributed by atoms with van der Waals surface area (Å²) in [6, 6.07) is 4.48. The lowest BCUT2D eigenvalue weighted by Crippen LogP contribution is -2.41. The molecule has 1 aliphatic carbocycles. The fourth-order valence-electron chi connectivity index (χ4n) is 2.48. The number of guanidine groups is 1. The van der Waals surface area contributed by atoms with Crippen LogP contribution >= 0.6 is 0 Å². The molecule has 1 aromatic carbocycles. The van der Waals surface area contributed by atoms with E-state index in [2.05, 4.69) is 15.6 Å². The Hall–Kier alpha value is -2.15. The van der Waals surface area contributed by atoms with Gasteiger partial charge in [-0.1, -0.05) is 6.07 Å². The van der Waals surface area contributed by atoms with E-state index in [4.69, 9.17) is 4.74 Å². The van der Waals surface area contributed by atoms with Crippen molar-refractivity contribution in [3.8, 4) is 0 Å². The number of nitrogens with one attached hydrogen (secondary N) is 2. The average molecular weight is 378 g/mol. The van der Waals surface area contributed by atoms with Gasteiger partial charge in [-0.25, -0.2) is 4.39 Å². The number of rotatable bonds is 10. The van der Waals surface area contributed by atoms with Crippen LogP contribution < -0.4 is 10.6 Å². The Morgan fingerprint density at radius 1 is 1.37 bits per heavy atom. The van der Waals surface area contributed by atoms with Crippen LogP contribution in [0, 0.1) is 18.7 Å². The number of ether oxygens (including phenoxy) is 1. The number of carbonyl (C=O) groups is 1. The molecule has 2 rings (SSSR count). The van der Waals surface area contributed by atoms with Gasteiger partial charge < -0.3 is 20.3 Å².